The van der Waals surface area contributed by atoms with Crippen molar-refractivity contribution in [3.8, 4) is 11.5 Å². The van der Waals surface area contributed by atoms with E-state index in [1.165, 1.54) is 14.2 Å². The zero-order chi connectivity index (χ0) is 16.3. The van der Waals surface area contributed by atoms with Crippen molar-refractivity contribution in [3.63, 3.8) is 0 Å². The van der Waals surface area contributed by atoms with E-state index in [1.807, 2.05) is 6.92 Å². The lowest BCUT2D eigenvalue weighted by Crippen LogP contribution is -2.13. The molecule has 0 aromatic heterocycles. The minimum Gasteiger partial charge on any atom is -0.493 e. The fourth-order valence-electron chi connectivity index (χ4n) is 1.90. The van der Waals surface area contributed by atoms with Gasteiger partial charge in [0.15, 0.2) is 11.5 Å². The van der Waals surface area contributed by atoms with Gasteiger partial charge in [0.1, 0.15) is 0 Å². The van der Waals surface area contributed by atoms with Crippen LogP contribution in [0.25, 0.3) is 0 Å². The van der Waals surface area contributed by atoms with Gasteiger partial charge in [0.25, 0.3) is 10.0 Å². The van der Waals surface area contributed by atoms with Gasteiger partial charge in [-0.2, -0.15) is 0 Å². The Labute approximate surface area is 138 Å². The maximum atomic E-state index is 12.4. The van der Waals surface area contributed by atoms with Crippen LogP contribution in [-0.4, -0.2) is 22.6 Å². The van der Waals surface area contributed by atoms with Crippen LogP contribution < -0.4 is 14.2 Å². The quantitative estimate of drug-likeness (QED) is 0.853. The van der Waals surface area contributed by atoms with Crippen molar-refractivity contribution in [2.24, 2.45) is 0 Å². The average molecular weight is 386 g/mol. The largest absolute Gasteiger partial charge is 0.493 e. The lowest BCUT2D eigenvalue weighted by atomic mass is 10.2. The summed E-state index contributed by atoms with van der Waals surface area (Å²) in [4.78, 5) is 0.197. The lowest BCUT2D eigenvalue weighted by molar-refractivity contribution is 0.355. The second kappa shape index (κ2) is 6.58. The number of aryl methyl sites for hydroxylation is 1. The highest BCUT2D eigenvalue weighted by molar-refractivity contribution is 9.10. The zero-order valence-electron chi connectivity index (χ0n) is 12.4. The highest BCUT2D eigenvalue weighted by atomic mass is 79.9. The number of nitrogens with one attached hydrogen (secondary N) is 1. The van der Waals surface area contributed by atoms with Gasteiger partial charge in [0.05, 0.1) is 24.8 Å². The van der Waals surface area contributed by atoms with E-state index in [9.17, 15) is 8.42 Å². The number of sulfonamides is 1. The Kier molecular flexibility index (Phi) is 4.97. The van der Waals surface area contributed by atoms with E-state index in [4.69, 9.17) is 9.47 Å². The van der Waals surface area contributed by atoms with Crippen molar-refractivity contribution in [1.82, 2.24) is 0 Å². The van der Waals surface area contributed by atoms with Crippen molar-refractivity contribution in [1.29, 1.82) is 0 Å². The van der Waals surface area contributed by atoms with Gasteiger partial charge in [-0.25, -0.2) is 8.42 Å². The van der Waals surface area contributed by atoms with Crippen molar-refractivity contribution in [3.05, 3.63) is 46.4 Å². The molecular weight excluding hydrogens is 370 g/mol. The number of benzene rings is 2. The molecule has 5 nitrogen and oxygen atoms in total. The Balaban J connectivity index is 2.34. The van der Waals surface area contributed by atoms with Crippen LogP contribution in [0.2, 0.25) is 0 Å². The Bertz CT molecular complexity index is 790. The minimum atomic E-state index is -3.66. The Morgan fingerprint density at radius 2 is 1.68 bits per heavy atom. The first-order chi connectivity index (χ1) is 10.4. The highest BCUT2D eigenvalue weighted by Gasteiger charge is 2.16. The van der Waals surface area contributed by atoms with Crippen LogP contribution >= 0.6 is 15.9 Å². The maximum absolute atomic E-state index is 12.4. The third kappa shape index (κ3) is 3.53. The predicted molar refractivity (Wildman–Crippen MR) is 89.2 cm³/mol. The first kappa shape index (κ1) is 16.6. The molecule has 22 heavy (non-hydrogen) atoms. The topological polar surface area (TPSA) is 64.6 Å². The van der Waals surface area contributed by atoms with Gasteiger partial charge in [0, 0.05) is 10.5 Å². The smallest absolute Gasteiger partial charge is 0.261 e. The summed E-state index contributed by atoms with van der Waals surface area (Å²) in [5.74, 6) is 0.986. The minimum absolute atomic E-state index is 0.197. The number of methoxy groups -OCH3 is 2. The molecule has 0 bridgehead atoms. The normalized spacial score (nSPS) is 11.1. The molecule has 0 spiro atoms. The van der Waals surface area contributed by atoms with E-state index < -0.39 is 10.0 Å². The molecule has 0 heterocycles. The summed E-state index contributed by atoms with van der Waals surface area (Å²) in [6, 6.07) is 9.68. The molecule has 0 saturated carbocycles. The maximum Gasteiger partial charge on any atom is 0.261 e. The second-order valence-corrected chi connectivity index (χ2v) is 7.12. The number of anilines is 1. The summed E-state index contributed by atoms with van der Waals surface area (Å²) in [6.07, 6.45) is 0. The molecule has 2 aromatic rings. The van der Waals surface area contributed by atoms with Crippen molar-refractivity contribution in [2.75, 3.05) is 18.9 Å². The third-order valence-corrected chi connectivity index (χ3v) is 5.34. The fraction of sp³-hybridized carbons (Fsp3) is 0.200. The third-order valence-electron chi connectivity index (χ3n) is 3.08. The van der Waals surface area contributed by atoms with Gasteiger partial charge in [-0.15, -0.1) is 0 Å². The average Bonchev–Trinajstić information content (AvgIpc) is 2.49. The van der Waals surface area contributed by atoms with Gasteiger partial charge in [-0.3, -0.25) is 4.72 Å². The molecule has 0 aliphatic carbocycles. The van der Waals surface area contributed by atoms with E-state index >= 15 is 0 Å². The van der Waals surface area contributed by atoms with Crippen molar-refractivity contribution in [2.45, 2.75) is 11.8 Å². The molecular formula is C15H16BrNO4S. The Morgan fingerprint density at radius 1 is 1.00 bits per heavy atom. The van der Waals surface area contributed by atoms with Crippen molar-refractivity contribution >= 4 is 31.6 Å². The first-order valence-electron chi connectivity index (χ1n) is 6.38. The molecule has 118 valence electrons. The zero-order valence-corrected chi connectivity index (χ0v) is 14.8. The molecule has 0 radical (unpaired) electrons. The van der Waals surface area contributed by atoms with E-state index in [0.717, 1.165) is 10.0 Å². The van der Waals surface area contributed by atoms with E-state index in [1.54, 1.807) is 36.4 Å². The van der Waals surface area contributed by atoms with Crippen LogP contribution in [0.5, 0.6) is 11.5 Å². The summed E-state index contributed by atoms with van der Waals surface area (Å²) < 4.78 is 38.5. The van der Waals surface area contributed by atoms with E-state index in [2.05, 4.69) is 20.7 Å². The molecule has 0 fully saturated rings. The molecule has 0 aliphatic rings. The fourth-order valence-corrected chi connectivity index (χ4v) is 3.28. The second-order valence-electron chi connectivity index (χ2n) is 4.59. The van der Waals surface area contributed by atoms with Crippen LogP contribution in [0.4, 0.5) is 5.69 Å². The van der Waals surface area contributed by atoms with Gasteiger partial charge < -0.3 is 9.47 Å². The molecule has 0 amide bonds. The van der Waals surface area contributed by atoms with Gasteiger partial charge in [-0.1, -0.05) is 15.9 Å². The Morgan fingerprint density at radius 3 is 2.27 bits per heavy atom. The van der Waals surface area contributed by atoms with Crippen LogP contribution in [0.15, 0.2) is 45.8 Å². The molecule has 2 aromatic carbocycles. The molecule has 7 heteroatoms. The van der Waals surface area contributed by atoms with Gasteiger partial charge >= 0.3 is 0 Å². The molecule has 0 saturated heterocycles. The highest BCUT2D eigenvalue weighted by Crippen LogP contribution is 2.31. The molecule has 0 atom stereocenters. The van der Waals surface area contributed by atoms with Crippen LogP contribution in [0.3, 0.4) is 0 Å². The number of hydrogen-bond donors (Lipinski definition) is 1. The summed E-state index contributed by atoms with van der Waals surface area (Å²) in [5, 5.41) is 0. The number of ether oxygens (including phenoxy) is 2. The number of hydrogen-bond acceptors (Lipinski definition) is 4. The van der Waals surface area contributed by atoms with Crippen LogP contribution in [0, 0.1) is 6.92 Å². The SMILES string of the molecule is COc1ccc(NS(=O)(=O)c2ccc(Br)c(C)c2)cc1OC. The predicted octanol–water partition coefficient (Wildman–Crippen LogP) is 3.58. The van der Waals surface area contributed by atoms with Crippen molar-refractivity contribution < 1.29 is 17.9 Å². The van der Waals surface area contributed by atoms with Crippen LogP contribution in [-0.2, 0) is 10.0 Å². The summed E-state index contributed by atoms with van der Waals surface area (Å²) in [7, 11) is -0.650. The van der Waals surface area contributed by atoms with E-state index in [0.29, 0.717) is 17.2 Å². The lowest BCUT2D eigenvalue weighted by Gasteiger charge is -2.12. The van der Waals surface area contributed by atoms with Gasteiger partial charge in [-0.05, 0) is 42.8 Å². The summed E-state index contributed by atoms with van der Waals surface area (Å²) >= 11 is 3.35. The number of halogens is 1. The molecule has 0 unspecified atom stereocenters. The summed E-state index contributed by atoms with van der Waals surface area (Å²) in [6.45, 7) is 1.83. The van der Waals surface area contributed by atoms with Gasteiger partial charge in [0.2, 0.25) is 0 Å². The standard InChI is InChI=1S/C15H16BrNO4S/c1-10-8-12(5-6-13(10)16)22(18,19)17-11-4-7-14(20-2)15(9-11)21-3/h4-9,17H,1-3H3. The van der Waals surface area contributed by atoms with E-state index in [-0.39, 0.29) is 4.90 Å². The summed E-state index contributed by atoms with van der Waals surface area (Å²) in [5.41, 5.74) is 1.24. The first-order valence-corrected chi connectivity index (χ1v) is 8.66. The molecule has 2 rings (SSSR count). The van der Waals surface area contributed by atoms with Crippen LogP contribution in [0.1, 0.15) is 5.56 Å². The molecule has 0 aliphatic heterocycles. The number of rotatable bonds is 5. The Hall–Kier alpha value is -1.73. The molecule has 1 N–H and O–H groups in total. The monoisotopic (exact) mass is 385 g/mol.